The predicted octanol–water partition coefficient (Wildman–Crippen LogP) is -1.42. The van der Waals surface area contributed by atoms with Crippen molar-refractivity contribution in [3.05, 3.63) is 11.6 Å². The molecule has 4 saturated carbocycles. The van der Waals surface area contributed by atoms with E-state index < -0.39 is 171 Å². The van der Waals surface area contributed by atoms with Crippen LogP contribution in [-0.4, -0.2) is 232 Å². The van der Waals surface area contributed by atoms with Crippen molar-refractivity contribution in [2.24, 2.45) is 39.4 Å². The molecule has 28 atom stereocenters. The van der Waals surface area contributed by atoms with Crippen LogP contribution in [0.4, 0.5) is 0 Å². The number of hydrogen-bond acceptors (Lipinski definition) is 22. The quantitative estimate of drug-likeness (QED) is 0.0661. The summed E-state index contributed by atoms with van der Waals surface area (Å²) in [5.74, 6) is -0.147. The van der Waals surface area contributed by atoms with Gasteiger partial charge in [-0.3, -0.25) is 0 Å². The standard InChI is InChI=1S/C53H90O22/c1-24(2)10-9-15-52(66,23-69-45-40(64)38(62)35(59)27(20-54)71-45)53(67)19-18-51(8)31(53)12-11-30-49(6)16-14-32(48(4,5)29(49)13-17-50(30,51)7)73-47-43(75-46-41(65)37(61)33(57)25(3)70-46)42(36(60)28(21-55)72-47)74-44-39(63)34(58)26(56)22-68-44/h10,25-47,54-67H,9,11-23H2,1-8H3/t25-,26+,27+,28+,29-,30+,31-,32-,33-,34-,35+,36+,37+,38-,39+,40+,41+,42-,43+,44-,45+,46-,47-,49-,50+,51+,52+,53+/m0/s1. The number of hydrogen-bond donors (Lipinski definition) is 14. The summed E-state index contributed by atoms with van der Waals surface area (Å²) in [6.45, 7) is 14.4. The zero-order valence-electron chi connectivity index (χ0n) is 44.8. The van der Waals surface area contributed by atoms with Gasteiger partial charge in [-0.25, -0.2) is 0 Å². The Bertz CT molecular complexity index is 1960. The zero-order chi connectivity index (χ0) is 55.1. The van der Waals surface area contributed by atoms with E-state index in [1.54, 1.807) is 0 Å². The fraction of sp³-hybridized carbons (Fsp3) is 0.962. The maximum Gasteiger partial charge on any atom is 0.187 e. The Balaban J connectivity index is 1.04. The molecule has 4 aliphatic heterocycles. The monoisotopic (exact) mass is 1080 g/mol. The Morgan fingerprint density at radius 1 is 0.587 bits per heavy atom. The summed E-state index contributed by atoms with van der Waals surface area (Å²) in [5, 5.41) is 154. The van der Waals surface area contributed by atoms with Gasteiger partial charge >= 0.3 is 0 Å². The lowest BCUT2D eigenvalue weighted by molar-refractivity contribution is -0.395. The number of aliphatic hydroxyl groups excluding tert-OH is 12. The van der Waals surface area contributed by atoms with E-state index in [2.05, 4.69) is 34.6 Å². The third-order valence-electron chi connectivity index (χ3n) is 20.6. The fourth-order valence-corrected chi connectivity index (χ4v) is 15.9. The maximum atomic E-state index is 13.2. The van der Waals surface area contributed by atoms with Crippen LogP contribution in [0, 0.1) is 39.4 Å². The molecule has 0 aromatic carbocycles. The third kappa shape index (κ3) is 10.3. The largest absolute Gasteiger partial charge is 0.394 e. The second-order valence-corrected chi connectivity index (χ2v) is 25.2. The van der Waals surface area contributed by atoms with Gasteiger partial charge in [0.2, 0.25) is 0 Å². The van der Waals surface area contributed by atoms with Crippen LogP contribution in [0.5, 0.6) is 0 Å². The van der Waals surface area contributed by atoms with E-state index in [1.165, 1.54) is 6.92 Å². The van der Waals surface area contributed by atoms with Gasteiger partial charge in [0.15, 0.2) is 25.2 Å². The van der Waals surface area contributed by atoms with Gasteiger partial charge in [0.25, 0.3) is 0 Å². The highest BCUT2D eigenvalue weighted by Gasteiger charge is 2.74. The third-order valence-corrected chi connectivity index (χ3v) is 20.6. The molecule has 4 saturated heterocycles. The number of fused-ring (bicyclic) bond motifs is 5. The molecule has 0 aromatic rings. The second kappa shape index (κ2) is 22.3. The van der Waals surface area contributed by atoms with Crippen LogP contribution in [0.15, 0.2) is 11.6 Å². The molecule has 0 spiro atoms. The summed E-state index contributed by atoms with van der Waals surface area (Å²) in [6.07, 6.45) is -22.4. The molecule has 0 unspecified atom stereocenters. The average Bonchev–Trinajstić information content (AvgIpc) is 3.66. The molecule has 0 radical (unpaired) electrons. The molecule has 4 aliphatic carbocycles. The highest BCUT2D eigenvalue weighted by Crippen LogP contribution is 2.76. The van der Waals surface area contributed by atoms with Gasteiger partial charge in [0, 0.05) is 0 Å². The average molecular weight is 1080 g/mol. The summed E-state index contributed by atoms with van der Waals surface area (Å²) in [5.41, 5.74) is -4.07. The van der Waals surface area contributed by atoms with Gasteiger partial charge in [-0.2, -0.15) is 0 Å². The Hall–Kier alpha value is -1.14. The lowest BCUT2D eigenvalue weighted by atomic mass is 9.35. The second-order valence-electron chi connectivity index (χ2n) is 25.2. The van der Waals surface area contributed by atoms with Crippen molar-refractivity contribution >= 4 is 0 Å². The first kappa shape index (κ1) is 60.0. The van der Waals surface area contributed by atoms with Crippen LogP contribution in [0.25, 0.3) is 0 Å². The van der Waals surface area contributed by atoms with E-state index in [4.69, 9.17) is 37.9 Å². The smallest absolute Gasteiger partial charge is 0.187 e. The van der Waals surface area contributed by atoms with Crippen molar-refractivity contribution in [2.75, 3.05) is 26.4 Å². The van der Waals surface area contributed by atoms with Gasteiger partial charge in [-0.1, -0.05) is 46.3 Å². The zero-order valence-corrected chi connectivity index (χ0v) is 44.8. The van der Waals surface area contributed by atoms with Crippen molar-refractivity contribution in [3.63, 3.8) is 0 Å². The van der Waals surface area contributed by atoms with Crippen molar-refractivity contribution in [2.45, 2.75) is 254 Å². The van der Waals surface area contributed by atoms with E-state index in [-0.39, 0.29) is 41.4 Å². The summed E-state index contributed by atoms with van der Waals surface area (Å²) in [4.78, 5) is 0. The molecule has 8 rings (SSSR count). The normalized spacial score (nSPS) is 52.7. The molecular formula is C53H90O22. The van der Waals surface area contributed by atoms with Gasteiger partial charge in [0.05, 0.1) is 44.2 Å². The Morgan fingerprint density at radius 2 is 1.17 bits per heavy atom. The molecule has 14 N–H and O–H groups in total. The first-order valence-electron chi connectivity index (χ1n) is 27.3. The van der Waals surface area contributed by atoms with Crippen LogP contribution in [0.2, 0.25) is 0 Å². The van der Waals surface area contributed by atoms with Gasteiger partial charge < -0.3 is 109 Å². The first-order chi connectivity index (χ1) is 35.0. The molecule has 8 aliphatic rings. The molecule has 0 bridgehead atoms. The minimum atomic E-state index is -1.84. The van der Waals surface area contributed by atoms with E-state index in [0.29, 0.717) is 32.1 Å². The van der Waals surface area contributed by atoms with E-state index in [1.807, 2.05) is 19.9 Å². The molecule has 22 heteroatoms. The maximum absolute atomic E-state index is 13.2. The van der Waals surface area contributed by atoms with Gasteiger partial charge in [0.1, 0.15) is 91.1 Å². The van der Waals surface area contributed by atoms with Crippen LogP contribution in [0.3, 0.4) is 0 Å². The summed E-state index contributed by atoms with van der Waals surface area (Å²) >= 11 is 0. The van der Waals surface area contributed by atoms with Crippen LogP contribution in [0.1, 0.15) is 120 Å². The molecule has 4 heterocycles. The van der Waals surface area contributed by atoms with Crippen LogP contribution < -0.4 is 0 Å². The molecule has 8 fully saturated rings. The summed E-state index contributed by atoms with van der Waals surface area (Å²) < 4.78 is 49.0. The van der Waals surface area contributed by atoms with Crippen LogP contribution >= 0.6 is 0 Å². The summed E-state index contributed by atoms with van der Waals surface area (Å²) in [7, 11) is 0. The highest BCUT2D eigenvalue weighted by molar-refractivity contribution is 5.23. The fourth-order valence-electron chi connectivity index (χ4n) is 15.9. The lowest BCUT2D eigenvalue weighted by Gasteiger charge is -2.70. The van der Waals surface area contributed by atoms with Crippen molar-refractivity contribution < 1.29 is 109 Å². The molecule has 75 heavy (non-hydrogen) atoms. The predicted molar refractivity (Wildman–Crippen MR) is 260 cm³/mol. The Labute approximate surface area is 439 Å². The SMILES string of the molecule is CC(C)=CCC[C@@](O)(CO[C@@H]1O[C@H](CO)[C@@H](O)[C@H](O)[C@H]1O)[C@@]1(O)CC[C@]2(C)[C@@H]1CC[C@@H]1[C@@]3(C)CC[C@H](O[C@@H]4O[C@H](CO)[C@@H](O)[C@H](O[C@@H]5OC[C@@H](O)[C@H](O)[C@H]5O)[C@H]4O[C@@H]4O[C@@H](C)[C@H](O)[C@@H](O)[C@H]4O)C(C)(C)[C@@H]3CC[C@]12C. The Morgan fingerprint density at radius 3 is 1.84 bits per heavy atom. The molecular weight excluding hydrogens is 989 g/mol. The number of aliphatic hydroxyl groups is 14. The van der Waals surface area contributed by atoms with E-state index in [9.17, 15) is 71.5 Å². The van der Waals surface area contributed by atoms with E-state index in [0.717, 1.165) is 24.8 Å². The molecule has 0 aromatic heterocycles. The molecule has 434 valence electrons. The van der Waals surface area contributed by atoms with E-state index >= 15 is 0 Å². The molecule has 0 amide bonds. The topological polar surface area (TPSA) is 357 Å². The number of rotatable bonds is 15. The first-order valence-corrected chi connectivity index (χ1v) is 27.3. The highest BCUT2D eigenvalue weighted by atomic mass is 16.8. The van der Waals surface area contributed by atoms with Crippen molar-refractivity contribution in [3.8, 4) is 0 Å². The van der Waals surface area contributed by atoms with Crippen LogP contribution in [-0.2, 0) is 37.9 Å². The minimum absolute atomic E-state index is 0.0594. The van der Waals surface area contributed by atoms with Gasteiger partial charge in [-0.05, 0) is 124 Å². The number of allylic oxidation sites excluding steroid dienone is 2. The van der Waals surface area contributed by atoms with Gasteiger partial charge in [-0.15, -0.1) is 0 Å². The molecule has 22 nitrogen and oxygen atoms in total. The lowest BCUT2D eigenvalue weighted by Crippen LogP contribution is -2.68. The van der Waals surface area contributed by atoms with Crippen molar-refractivity contribution in [1.82, 2.24) is 0 Å². The Kier molecular flexibility index (Phi) is 17.8. The summed E-state index contributed by atoms with van der Waals surface area (Å²) in [6, 6.07) is 0. The number of ether oxygens (including phenoxy) is 8. The van der Waals surface area contributed by atoms with Crippen molar-refractivity contribution in [1.29, 1.82) is 0 Å². The minimum Gasteiger partial charge on any atom is -0.394 e.